The van der Waals surface area contributed by atoms with Gasteiger partial charge in [0.25, 0.3) is 0 Å². The van der Waals surface area contributed by atoms with E-state index in [2.05, 4.69) is 46.4 Å². The summed E-state index contributed by atoms with van der Waals surface area (Å²) in [7, 11) is 1.85. The summed E-state index contributed by atoms with van der Waals surface area (Å²) in [5.74, 6) is 1.85. The molecule has 0 radical (unpaired) electrons. The molecule has 0 saturated carbocycles. The average molecular weight is 382 g/mol. The summed E-state index contributed by atoms with van der Waals surface area (Å²) >= 11 is 0. The van der Waals surface area contributed by atoms with Gasteiger partial charge in [0.2, 0.25) is 0 Å². The molecular formula is C23H31N3O2. The van der Waals surface area contributed by atoms with Crippen molar-refractivity contribution >= 4 is 5.96 Å². The average Bonchev–Trinajstić information content (AvgIpc) is 2.75. The van der Waals surface area contributed by atoms with Crippen molar-refractivity contribution in [3.05, 3.63) is 65.7 Å². The minimum absolute atomic E-state index is 0.389. The van der Waals surface area contributed by atoms with Crippen LogP contribution in [0.3, 0.4) is 0 Å². The first-order valence-corrected chi connectivity index (χ1v) is 10.1. The second kappa shape index (κ2) is 10.7. The number of piperidine rings is 1. The minimum Gasteiger partial charge on any atom is -0.489 e. The minimum atomic E-state index is 0.389. The maximum Gasteiger partial charge on any atom is 0.193 e. The molecule has 1 N–H and O–H groups in total. The molecule has 2 aromatic carbocycles. The third-order valence-electron chi connectivity index (χ3n) is 4.95. The molecule has 1 heterocycles. The molecule has 3 rings (SSSR count). The standard InChI is InChI=1S/C23H31N3O2/c1-3-27-22-12-14-26(15-13-22)23(24-2)25-17-19-8-7-9-20(16-19)18-28-21-10-5-4-6-11-21/h4-11,16,22H,3,12-15,17-18H2,1-2H3,(H,24,25). The van der Waals surface area contributed by atoms with E-state index in [1.165, 1.54) is 5.56 Å². The molecule has 2 aromatic rings. The summed E-state index contributed by atoms with van der Waals surface area (Å²) in [4.78, 5) is 6.78. The van der Waals surface area contributed by atoms with Crippen molar-refractivity contribution in [2.24, 2.45) is 4.99 Å². The van der Waals surface area contributed by atoms with Crippen LogP contribution in [0, 0.1) is 0 Å². The quantitative estimate of drug-likeness (QED) is 0.585. The van der Waals surface area contributed by atoms with Crippen LogP contribution in [-0.4, -0.2) is 43.7 Å². The van der Waals surface area contributed by atoms with E-state index in [-0.39, 0.29) is 0 Å². The van der Waals surface area contributed by atoms with Gasteiger partial charge in [0.05, 0.1) is 6.10 Å². The summed E-state index contributed by atoms with van der Waals surface area (Å²) in [6.45, 7) is 6.13. The Hall–Kier alpha value is -2.53. The van der Waals surface area contributed by atoms with E-state index < -0.39 is 0 Å². The van der Waals surface area contributed by atoms with Gasteiger partial charge in [-0.05, 0) is 43.0 Å². The van der Waals surface area contributed by atoms with Crippen LogP contribution in [0.1, 0.15) is 30.9 Å². The highest BCUT2D eigenvalue weighted by molar-refractivity contribution is 5.79. The Kier molecular flexibility index (Phi) is 7.73. The van der Waals surface area contributed by atoms with Crippen LogP contribution in [0.4, 0.5) is 0 Å². The van der Waals surface area contributed by atoms with Gasteiger partial charge < -0.3 is 19.7 Å². The molecule has 0 atom stereocenters. The maximum absolute atomic E-state index is 5.85. The lowest BCUT2D eigenvalue weighted by Gasteiger charge is -2.34. The number of nitrogens with zero attached hydrogens (tertiary/aromatic N) is 2. The number of benzene rings is 2. The predicted octanol–water partition coefficient (Wildman–Crippen LogP) is 3.84. The van der Waals surface area contributed by atoms with Gasteiger partial charge in [-0.3, -0.25) is 4.99 Å². The number of aliphatic imine (C=N–C) groups is 1. The normalized spacial score (nSPS) is 15.5. The molecule has 0 aromatic heterocycles. The van der Waals surface area contributed by atoms with E-state index in [0.717, 1.165) is 56.4 Å². The number of ether oxygens (including phenoxy) is 2. The highest BCUT2D eigenvalue weighted by Crippen LogP contribution is 2.15. The predicted molar refractivity (Wildman–Crippen MR) is 114 cm³/mol. The van der Waals surface area contributed by atoms with Crippen molar-refractivity contribution in [1.82, 2.24) is 10.2 Å². The number of rotatable bonds is 7. The second-order valence-corrected chi connectivity index (χ2v) is 6.96. The lowest BCUT2D eigenvalue weighted by atomic mass is 10.1. The van der Waals surface area contributed by atoms with Crippen molar-refractivity contribution in [2.75, 3.05) is 26.7 Å². The van der Waals surface area contributed by atoms with Crippen LogP contribution in [0.15, 0.2) is 59.6 Å². The molecule has 1 aliphatic heterocycles. The number of guanidine groups is 1. The molecule has 150 valence electrons. The molecule has 1 fully saturated rings. The van der Waals surface area contributed by atoms with Gasteiger partial charge >= 0.3 is 0 Å². The first-order valence-electron chi connectivity index (χ1n) is 10.1. The molecule has 0 unspecified atom stereocenters. The van der Waals surface area contributed by atoms with Crippen LogP contribution < -0.4 is 10.1 Å². The monoisotopic (exact) mass is 381 g/mol. The summed E-state index contributed by atoms with van der Waals surface area (Å²) in [5, 5.41) is 3.50. The lowest BCUT2D eigenvalue weighted by molar-refractivity contribution is 0.0263. The van der Waals surface area contributed by atoms with Gasteiger partial charge in [0.15, 0.2) is 5.96 Å². The largest absolute Gasteiger partial charge is 0.489 e. The van der Waals surface area contributed by atoms with Crippen LogP contribution in [0.25, 0.3) is 0 Å². The molecule has 1 aliphatic rings. The van der Waals surface area contributed by atoms with Gasteiger partial charge in [0, 0.05) is 33.3 Å². The molecule has 5 heteroatoms. The lowest BCUT2D eigenvalue weighted by Crippen LogP contribution is -2.46. The molecule has 1 saturated heterocycles. The Morgan fingerprint density at radius 3 is 2.54 bits per heavy atom. The van der Waals surface area contributed by atoms with Gasteiger partial charge in [-0.2, -0.15) is 0 Å². The Bertz CT molecular complexity index is 741. The third kappa shape index (κ3) is 5.99. The van der Waals surface area contributed by atoms with Crippen molar-refractivity contribution in [3.63, 3.8) is 0 Å². The van der Waals surface area contributed by atoms with E-state index in [9.17, 15) is 0 Å². The molecular weight excluding hydrogens is 350 g/mol. The fraction of sp³-hybridized carbons (Fsp3) is 0.435. The van der Waals surface area contributed by atoms with Gasteiger partial charge in [-0.15, -0.1) is 0 Å². The third-order valence-corrected chi connectivity index (χ3v) is 4.95. The summed E-state index contributed by atoms with van der Waals surface area (Å²) < 4.78 is 11.6. The number of likely N-dealkylation sites (tertiary alicyclic amines) is 1. The molecule has 0 bridgehead atoms. The van der Waals surface area contributed by atoms with Gasteiger partial charge in [-0.25, -0.2) is 0 Å². The van der Waals surface area contributed by atoms with Gasteiger partial charge in [0.1, 0.15) is 12.4 Å². The summed E-state index contributed by atoms with van der Waals surface area (Å²) in [6.07, 6.45) is 2.50. The van der Waals surface area contributed by atoms with E-state index in [4.69, 9.17) is 9.47 Å². The molecule has 0 aliphatic carbocycles. The molecule has 28 heavy (non-hydrogen) atoms. The van der Waals surface area contributed by atoms with Crippen molar-refractivity contribution in [3.8, 4) is 5.75 Å². The first-order chi connectivity index (χ1) is 13.8. The maximum atomic E-state index is 5.85. The Labute approximate surface area is 168 Å². The molecule has 0 spiro atoms. The van der Waals surface area contributed by atoms with E-state index in [0.29, 0.717) is 12.7 Å². The van der Waals surface area contributed by atoms with E-state index in [1.54, 1.807) is 0 Å². The number of hydrogen-bond acceptors (Lipinski definition) is 3. The topological polar surface area (TPSA) is 46.1 Å². The zero-order chi connectivity index (χ0) is 19.6. The van der Waals surface area contributed by atoms with Crippen LogP contribution in [0.2, 0.25) is 0 Å². The highest BCUT2D eigenvalue weighted by atomic mass is 16.5. The Balaban J connectivity index is 1.49. The molecule has 5 nitrogen and oxygen atoms in total. The van der Waals surface area contributed by atoms with E-state index in [1.807, 2.05) is 37.4 Å². The molecule has 0 amide bonds. The Morgan fingerprint density at radius 1 is 1.07 bits per heavy atom. The van der Waals surface area contributed by atoms with E-state index >= 15 is 0 Å². The fourth-order valence-corrected chi connectivity index (χ4v) is 3.50. The zero-order valence-corrected chi connectivity index (χ0v) is 16.9. The van der Waals surface area contributed by atoms with Crippen LogP contribution in [-0.2, 0) is 17.9 Å². The zero-order valence-electron chi connectivity index (χ0n) is 16.9. The Morgan fingerprint density at radius 2 is 1.82 bits per heavy atom. The van der Waals surface area contributed by atoms with Crippen LogP contribution >= 0.6 is 0 Å². The van der Waals surface area contributed by atoms with Gasteiger partial charge in [-0.1, -0.05) is 42.5 Å². The first kappa shape index (κ1) is 20.2. The van der Waals surface area contributed by atoms with Crippen molar-refractivity contribution in [1.29, 1.82) is 0 Å². The fourth-order valence-electron chi connectivity index (χ4n) is 3.50. The van der Waals surface area contributed by atoms with Crippen LogP contribution in [0.5, 0.6) is 5.75 Å². The number of hydrogen-bond donors (Lipinski definition) is 1. The van der Waals surface area contributed by atoms with Crippen molar-refractivity contribution in [2.45, 2.75) is 39.0 Å². The SMILES string of the molecule is CCOC1CCN(C(=NC)NCc2cccc(COc3ccccc3)c2)CC1. The highest BCUT2D eigenvalue weighted by Gasteiger charge is 2.21. The van der Waals surface area contributed by atoms with Crippen molar-refractivity contribution < 1.29 is 9.47 Å². The second-order valence-electron chi connectivity index (χ2n) is 6.96. The number of nitrogens with one attached hydrogen (secondary N) is 1. The summed E-state index contributed by atoms with van der Waals surface area (Å²) in [6, 6.07) is 18.4. The number of para-hydroxylation sites is 1. The summed E-state index contributed by atoms with van der Waals surface area (Å²) in [5.41, 5.74) is 2.38. The smallest absolute Gasteiger partial charge is 0.193 e.